The predicted molar refractivity (Wildman–Crippen MR) is 101 cm³/mol. The van der Waals surface area contributed by atoms with Crippen LogP contribution in [0.2, 0.25) is 0 Å². The highest BCUT2D eigenvalue weighted by Crippen LogP contribution is 2.25. The van der Waals surface area contributed by atoms with E-state index in [1.807, 2.05) is 49.4 Å². The van der Waals surface area contributed by atoms with Gasteiger partial charge in [-0.25, -0.2) is 4.79 Å². The van der Waals surface area contributed by atoms with Gasteiger partial charge in [0.25, 0.3) is 0 Å². The second-order valence-corrected chi connectivity index (χ2v) is 5.96. The number of hydrogen-bond acceptors (Lipinski definition) is 3. The Morgan fingerprint density at radius 1 is 1.08 bits per heavy atom. The van der Waals surface area contributed by atoms with Crippen molar-refractivity contribution < 1.29 is 14.6 Å². The van der Waals surface area contributed by atoms with E-state index in [4.69, 9.17) is 4.74 Å². The van der Waals surface area contributed by atoms with Crippen molar-refractivity contribution in [3.05, 3.63) is 71.8 Å². The van der Waals surface area contributed by atoms with Gasteiger partial charge in [0.15, 0.2) is 0 Å². The van der Waals surface area contributed by atoms with Crippen LogP contribution in [-0.4, -0.2) is 24.2 Å². The Balaban J connectivity index is 1.55. The van der Waals surface area contributed by atoms with Crippen LogP contribution in [0.15, 0.2) is 60.7 Å². The molecule has 0 heterocycles. The van der Waals surface area contributed by atoms with Crippen LogP contribution in [-0.2, 0) is 0 Å². The second kappa shape index (κ2) is 7.71. The summed E-state index contributed by atoms with van der Waals surface area (Å²) in [6.45, 7) is 3.09. The number of aromatic carboxylic acids is 1. The van der Waals surface area contributed by atoms with Gasteiger partial charge in [0.2, 0.25) is 0 Å². The molecule has 0 aliphatic rings. The average molecular weight is 335 g/mol. The molecule has 0 spiro atoms. The van der Waals surface area contributed by atoms with Crippen LogP contribution in [0.25, 0.3) is 10.8 Å². The van der Waals surface area contributed by atoms with Crippen molar-refractivity contribution in [3.63, 3.8) is 0 Å². The van der Waals surface area contributed by atoms with Crippen molar-refractivity contribution >= 4 is 22.4 Å². The van der Waals surface area contributed by atoms with E-state index in [9.17, 15) is 9.90 Å². The Morgan fingerprint density at radius 3 is 2.72 bits per heavy atom. The summed E-state index contributed by atoms with van der Waals surface area (Å²) in [5.74, 6) is -0.0436. The molecule has 2 N–H and O–H groups in total. The fourth-order valence-electron chi connectivity index (χ4n) is 2.79. The maximum absolute atomic E-state index is 11.3. The van der Waals surface area contributed by atoms with Crippen molar-refractivity contribution in [2.75, 3.05) is 18.5 Å². The minimum Gasteiger partial charge on any atom is -0.493 e. The van der Waals surface area contributed by atoms with E-state index in [2.05, 4.69) is 17.4 Å². The van der Waals surface area contributed by atoms with Gasteiger partial charge in [-0.15, -0.1) is 0 Å². The molecule has 0 saturated heterocycles. The first-order valence-electron chi connectivity index (χ1n) is 8.33. The third-order valence-electron chi connectivity index (χ3n) is 4.05. The molecule has 0 atom stereocenters. The topological polar surface area (TPSA) is 58.6 Å². The lowest BCUT2D eigenvalue weighted by Crippen LogP contribution is -2.10. The monoisotopic (exact) mass is 335 g/mol. The smallest absolute Gasteiger partial charge is 0.337 e. The summed E-state index contributed by atoms with van der Waals surface area (Å²) in [6, 6.07) is 19.5. The Bertz CT molecular complexity index is 884. The number of carboxylic acid groups (broad SMARTS) is 1. The lowest BCUT2D eigenvalue weighted by Gasteiger charge is -2.12. The Kier molecular flexibility index (Phi) is 5.19. The van der Waals surface area contributed by atoms with Gasteiger partial charge < -0.3 is 15.2 Å². The Hall–Kier alpha value is -3.01. The third kappa shape index (κ3) is 4.10. The Morgan fingerprint density at radius 2 is 1.88 bits per heavy atom. The maximum Gasteiger partial charge on any atom is 0.337 e. The highest BCUT2D eigenvalue weighted by molar-refractivity contribution is 5.94. The summed E-state index contributed by atoms with van der Waals surface area (Å²) in [5, 5.41) is 14.7. The number of nitrogens with one attached hydrogen (secondary N) is 1. The summed E-state index contributed by atoms with van der Waals surface area (Å²) < 4.78 is 5.90. The van der Waals surface area contributed by atoms with E-state index < -0.39 is 5.97 Å². The molecule has 0 bridgehead atoms. The molecule has 3 aromatic carbocycles. The molecule has 0 aliphatic carbocycles. The number of carbonyl (C=O) groups is 1. The second-order valence-electron chi connectivity index (χ2n) is 5.96. The highest BCUT2D eigenvalue weighted by atomic mass is 16.5. The van der Waals surface area contributed by atoms with Crippen molar-refractivity contribution in [2.24, 2.45) is 0 Å². The first-order valence-corrected chi connectivity index (χ1v) is 8.33. The van der Waals surface area contributed by atoms with Gasteiger partial charge in [-0.05, 0) is 36.9 Å². The predicted octanol–water partition coefficient (Wildman–Crippen LogP) is 4.73. The summed E-state index contributed by atoms with van der Waals surface area (Å²) in [6.07, 6.45) is 0.774. The maximum atomic E-state index is 11.3. The first-order chi connectivity index (χ1) is 12.1. The number of anilines is 1. The van der Waals surface area contributed by atoms with Gasteiger partial charge in [-0.1, -0.05) is 48.0 Å². The van der Waals surface area contributed by atoms with Gasteiger partial charge in [-0.2, -0.15) is 0 Å². The van der Waals surface area contributed by atoms with Crippen LogP contribution < -0.4 is 10.1 Å². The molecule has 25 heavy (non-hydrogen) atoms. The summed E-state index contributed by atoms with van der Waals surface area (Å²) in [4.78, 5) is 11.3. The molecule has 0 amide bonds. The normalized spacial score (nSPS) is 10.6. The fraction of sp³-hybridized carbons (Fsp3) is 0.190. The molecule has 4 heteroatoms. The van der Waals surface area contributed by atoms with E-state index >= 15 is 0 Å². The van der Waals surface area contributed by atoms with E-state index in [-0.39, 0.29) is 0 Å². The molecule has 3 rings (SSSR count). The van der Waals surface area contributed by atoms with Crippen molar-refractivity contribution in [2.45, 2.75) is 13.3 Å². The number of hydrogen-bond donors (Lipinski definition) is 2. The van der Waals surface area contributed by atoms with Crippen LogP contribution in [0.1, 0.15) is 22.3 Å². The van der Waals surface area contributed by atoms with Crippen molar-refractivity contribution in [1.29, 1.82) is 0 Å². The van der Waals surface area contributed by atoms with E-state index in [1.54, 1.807) is 6.07 Å². The number of rotatable bonds is 7. The average Bonchev–Trinajstić information content (AvgIpc) is 2.62. The first kappa shape index (κ1) is 16.8. The molecular formula is C21H21NO3. The van der Waals surface area contributed by atoms with Crippen molar-refractivity contribution in [1.82, 2.24) is 0 Å². The highest BCUT2D eigenvalue weighted by Gasteiger charge is 2.09. The van der Waals surface area contributed by atoms with Gasteiger partial charge in [-0.3, -0.25) is 0 Å². The molecule has 4 nitrogen and oxygen atoms in total. The quantitative estimate of drug-likeness (QED) is 0.613. The minimum absolute atomic E-state index is 0.301. The van der Waals surface area contributed by atoms with Crippen LogP contribution in [0.3, 0.4) is 0 Å². The molecule has 3 aromatic rings. The third-order valence-corrected chi connectivity index (χ3v) is 4.05. The SMILES string of the molecule is Cc1ccc(NCCCOc2cccc3ccccc23)c(C(=O)O)c1. The zero-order valence-electron chi connectivity index (χ0n) is 14.2. The summed E-state index contributed by atoms with van der Waals surface area (Å²) in [7, 11) is 0. The van der Waals surface area contributed by atoms with Gasteiger partial charge in [0.05, 0.1) is 12.2 Å². The molecular weight excluding hydrogens is 314 g/mol. The van der Waals surface area contributed by atoms with E-state index in [0.717, 1.165) is 28.5 Å². The van der Waals surface area contributed by atoms with Crippen molar-refractivity contribution in [3.8, 4) is 5.75 Å². The number of aryl methyl sites for hydroxylation is 1. The van der Waals surface area contributed by atoms with Crippen LogP contribution in [0, 0.1) is 6.92 Å². The molecule has 128 valence electrons. The van der Waals surface area contributed by atoms with Gasteiger partial charge in [0, 0.05) is 17.6 Å². The molecule has 0 aromatic heterocycles. The molecule has 0 aliphatic heterocycles. The summed E-state index contributed by atoms with van der Waals surface area (Å²) in [5.41, 5.74) is 1.88. The van der Waals surface area contributed by atoms with Gasteiger partial charge >= 0.3 is 5.97 Å². The van der Waals surface area contributed by atoms with E-state index in [1.165, 1.54) is 0 Å². The van der Waals surface area contributed by atoms with Crippen LogP contribution >= 0.6 is 0 Å². The zero-order chi connectivity index (χ0) is 17.6. The minimum atomic E-state index is -0.918. The number of benzene rings is 3. The fourth-order valence-corrected chi connectivity index (χ4v) is 2.79. The number of ether oxygens (including phenoxy) is 1. The Labute approximate surface area is 147 Å². The molecule has 0 fully saturated rings. The standard InChI is InChI=1S/C21H21NO3/c1-15-10-11-19(18(14-15)21(23)24)22-12-5-13-25-20-9-4-7-16-6-2-3-8-17(16)20/h2-4,6-11,14,22H,5,12-13H2,1H3,(H,23,24). The molecule has 0 unspecified atom stereocenters. The largest absolute Gasteiger partial charge is 0.493 e. The van der Waals surface area contributed by atoms with Gasteiger partial charge in [0.1, 0.15) is 5.75 Å². The number of fused-ring (bicyclic) bond motifs is 1. The molecule has 0 saturated carbocycles. The van der Waals surface area contributed by atoms with E-state index in [0.29, 0.717) is 24.4 Å². The number of carboxylic acids is 1. The lowest BCUT2D eigenvalue weighted by atomic mass is 10.1. The van der Waals surface area contributed by atoms with Crippen LogP contribution in [0.4, 0.5) is 5.69 Å². The molecule has 0 radical (unpaired) electrons. The lowest BCUT2D eigenvalue weighted by molar-refractivity contribution is 0.0698. The van der Waals surface area contributed by atoms with Crippen LogP contribution in [0.5, 0.6) is 5.75 Å². The summed E-state index contributed by atoms with van der Waals surface area (Å²) >= 11 is 0. The zero-order valence-corrected chi connectivity index (χ0v) is 14.2.